The summed E-state index contributed by atoms with van der Waals surface area (Å²) in [5, 5.41) is 0. The standard InChI is InChI=1S/C66H47BN2/c1-44-35-65(68-42-63(44)54-21-13-19-52(37-54)46-15-5-3-6-16-46)50-31-27-48(28-32-50)59-23-9-11-25-61(59)56-39-57(41-58(67)40-56)62-26-12-10-24-60(62)49-29-33-51(34-30-49)66-36-45(2)64(43-69-66)55-22-14-20-53(38-55)47-17-7-4-8-18-47/h3-43H,1-2H3. The van der Waals surface area contributed by atoms with E-state index in [1.54, 1.807) is 0 Å². The molecule has 0 amide bonds. The summed E-state index contributed by atoms with van der Waals surface area (Å²) in [6, 6.07) is 83.9. The van der Waals surface area contributed by atoms with E-state index in [1.807, 2.05) is 12.4 Å². The second kappa shape index (κ2) is 18.9. The fraction of sp³-hybridized carbons (Fsp3) is 0.0303. The normalized spacial score (nSPS) is 11.1. The van der Waals surface area contributed by atoms with Crippen molar-refractivity contribution in [1.29, 1.82) is 0 Å². The highest BCUT2D eigenvalue weighted by molar-refractivity contribution is 6.33. The summed E-state index contributed by atoms with van der Waals surface area (Å²) in [6.07, 6.45) is 4.02. The Bertz CT molecular complexity index is 3380. The molecular formula is C66H47BN2. The Morgan fingerprint density at radius 2 is 0.565 bits per heavy atom. The molecule has 0 aliphatic rings. The molecule has 0 fully saturated rings. The minimum atomic E-state index is 0.714. The molecule has 11 rings (SSSR count). The molecule has 0 saturated carbocycles. The van der Waals surface area contributed by atoms with Crippen molar-refractivity contribution in [3.8, 4) is 112 Å². The molecule has 0 unspecified atom stereocenters. The summed E-state index contributed by atoms with van der Waals surface area (Å²) in [4.78, 5) is 9.92. The van der Waals surface area contributed by atoms with Gasteiger partial charge < -0.3 is 0 Å². The fourth-order valence-corrected chi connectivity index (χ4v) is 9.60. The highest BCUT2D eigenvalue weighted by atomic mass is 14.7. The SMILES string of the molecule is [B]c1cc(-c2ccccc2-c2ccc(-c3cc(C)c(-c4cccc(-c5ccccc5)c4)cn3)cc2)cc(-c2ccccc2-c2ccc(-c3cc(C)c(-c4cccc(-c5ccccc5)c4)cn3)cc2)c1. The van der Waals surface area contributed by atoms with E-state index in [4.69, 9.17) is 17.8 Å². The third-order valence-corrected chi connectivity index (χ3v) is 13.2. The summed E-state index contributed by atoms with van der Waals surface area (Å²) in [6.45, 7) is 4.33. The van der Waals surface area contributed by atoms with Gasteiger partial charge in [0.1, 0.15) is 7.85 Å². The van der Waals surface area contributed by atoms with E-state index in [1.165, 1.54) is 33.4 Å². The molecule has 69 heavy (non-hydrogen) atoms. The second-order valence-corrected chi connectivity index (χ2v) is 17.8. The van der Waals surface area contributed by atoms with Gasteiger partial charge in [0.25, 0.3) is 0 Å². The Kier molecular flexibility index (Phi) is 11.8. The van der Waals surface area contributed by atoms with Crippen LogP contribution >= 0.6 is 0 Å². The van der Waals surface area contributed by atoms with Gasteiger partial charge in [0.2, 0.25) is 0 Å². The topological polar surface area (TPSA) is 25.8 Å². The van der Waals surface area contributed by atoms with Crippen LogP contribution in [-0.2, 0) is 0 Å². The molecule has 0 atom stereocenters. The molecule has 2 heterocycles. The number of pyridine rings is 2. The van der Waals surface area contributed by atoms with Gasteiger partial charge >= 0.3 is 0 Å². The fourth-order valence-electron chi connectivity index (χ4n) is 9.60. The summed E-state index contributed by atoms with van der Waals surface area (Å²) in [5.41, 5.74) is 25.4. The molecule has 0 spiro atoms. The number of nitrogens with zero attached hydrogens (tertiary/aromatic N) is 2. The van der Waals surface area contributed by atoms with Crippen LogP contribution in [0.1, 0.15) is 11.1 Å². The Morgan fingerprint density at radius 1 is 0.246 bits per heavy atom. The molecule has 324 valence electrons. The van der Waals surface area contributed by atoms with Crippen LogP contribution in [0, 0.1) is 13.8 Å². The minimum Gasteiger partial charge on any atom is -0.256 e. The van der Waals surface area contributed by atoms with E-state index in [0.717, 1.165) is 89.3 Å². The molecule has 0 N–H and O–H groups in total. The van der Waals surface area contributed by atoms with Crippen LogP contribution in [-0.4, -0.2) is 17.8 Å². The Balaban J connectivity index is 0.841. The van der Waals surface area contributed by atoms with E-state index in [2.05, 4.69) is 250 Å². The molecule has 11 aromatic rings. The Hall–Kier alpha value is -8.66. The van der Waals surface area contributed by atoms with Crippen molar-refractivity contribution in [3.05, 3.63) is 260 Å². The lowest BCUT2D eigenvalue weighted by Crippen LogP contribution is -2.03. The monoisotopic (exact) mass is 878 g/mol. The predicted molar refractivity (Wildman–Crippen MR) is 291 cm³/mol. The molecule has 0 bridgehead atoms. The number of rotatable bonds is 10. The lowest BCUT2D eigenvalue weighted by molar-refractivity contribution is 1.29. The number of aromatic nitrogens is 2. The van der Waals surface area contributed by atoms with Crippen molar-refractivity contribution in [2.24, 2.45) is 0 Å². The zero-order chi connectivity index (χ0) is 46.7. The number of aryl methyl sites for hydroxylation is 2. The van der Waals surface area contributed by atoms with E-state index in [-0.39, 0.29) is 0 Å². The smallest absolute Gasteiger partial charge is 0.113 e. The first-order chi connectivity index (χ1) is 33.9. The number of hydrogen-bond donors (Lipinski definition) is 0. The summed E-state index contributed by atoms with van der Waals surface area (Å²) >= 11 is 0. The van der Waals surface area contributed by atoms with Gasteiger partial charge in [-0.1, -0.05) is 212 Å². The van der Waals surface area contributed by atoms with Crippen molar-refractivity contribution in [3.63, 3.8) is 0 Å². The molecular weight excluding hydrogens is 832 g/mol. The zero-order valence-corrected chi connectivity index (χ0v) is 38.6. The average Bonchev–Trinajstić information content (AvgIpc) is 3.41. The maximum Gasteiger partial charge on any atom is 0.113 e. The lowest BCUT2D eigenvalue weighted by Gasteiger charge is -2.16. The molecule has 9 aromatic carbocycles. The van der Waals surface area contributed by atoms with Gasteiger partial charge in [-0.2, -0.15) is 0 Å². The quantitative estimate of drug-likeness (QED) is 0.128. The van der Waals surface area contributed by atoms with Gasteiger partial charge in [0.05, 0.1) is 11.4 Å². The van der Waals surface area contributed by atoms with Crippen molar-refractivity contribution >= 4 is 13.3 Å². The van der Waals surface area contributed by atoms with Crippen molar-refractivity contribution < 1.29 is 0 Å². The molecule has 0 saturated heterocycles. The zero-order valence-electron chi connectivity index (χ0n) is 38.6. The van der Waals surface area contributed by atoms with Gasteiger partial charge in [-0.3, -0.25) is 9.97 Å². The van der Waals surface area contributed by atoms with Crippen molar-refractivity contribution in [2.75, 3.05) is 0 Å². The van der Waals surface area contributed by atoms with Gasteiger partial charge in [0.15, 0.2) is 0 Å². The summed E-state index contributed by atoms with van der Waals surface area (Å²) in [5.74, 6) is 0. The van der Waals surface area contributed by atoms with Crippen LogP contribution in [0.5, 0.6) is 0 Å². The van der Waals surface area contributed by atoms with Crippen molar-refractivity contribution in [2.45, 2.75) is 13.8 Å². The number of benzene rings is 9. The first-order valence-electron chi connectivity index (χ1n) is 23.5. The number of hydrogen-bond acceptors (Lipinski definition) is 2. The molecule has 3 heteroatoms. The van der Waals surface area contributed by atoms with Gasteiger partial charge in [0, 0.05) is 34.6 Å². The molecule has 2 radical (unpaired) electrons. The molecule has 0 aliphatic heterocycles. The van der Waals surface area contributed by atoms with Crippen LogP contribution in [0.2, 0.25) is 0 Å². The lowest BCUT2D eigenvalue weighted by atomic mass is 9.84. The van der Waals surface area contributed by atoms with Crippen LogP contribution in [0.15, 0.2) is 249 Å². The Labute approximate surface area is 406 Å². The predicted octanol–water partition coefficient (Wildman–Crippen LogP) is 16.6. The van der Waals surface area contributed by atoms with E-state index in [9.17, 15) is 0 Å². The average molecular weight is 879 g/mol. The highest BCUT2D eigenvalue weighted by Crippen LogP contribution is 2.39. The van der Waals surface area contributed by atoms with Crippen LogP contribution in [0.3, 0.4) is 0 Å². The summed E-state index contributed by atoms with van der Waals surface area (Å²) in [7, 11) is 6.75. The first-order valence-corrected chi connectivity index (χ1v) is 23.5. The van der Waals surface area contributed by atoms with Gasteiger partial charge in [-0.15, -0.1) is 0 Å². The van der Waals surface area contributed by atoms with E-state index in [0.29, 0.717) is 5.46 Å². The highest BCUT2D eigenvalue weighted by Gasteiger charge is 2.15. The van der Waals surface area contributed by atoms with Crippen LogP contribution < -0.4 is 5.46 Å². The van der Waals surface area contributed by atoms with E-state index >= 15 is 0 Å². The summed E-state index contributed by atoms with van der Waals surface area (Å²) < 4.78 is 0. The van der Waals surface area contributed by atoms with Gasteiger partial charge in [-0.25, -0.2) is 0 Å². The maximum atomic E-state index is 6.75. The van der Waals surface area contributed by atoms with Crippen molar-refractivity contribution in [1.82, 2.24) is 9.97 Å². The van der Waals surface area contributed by atoms with Gasteiger partial charge in [-0.05, 0) is 133 Å². The molecule has 0 aliphatic carbocycles. The minimum absolute atomic E-state index is 0.714. The third kappa shape index (κ3) is 8.99. The van der Waals surface area contributed by atoms with E-state index < -0.39 is 0 Å². The molecule has 2 aromatic heterocycles. The molecule has 2 nitrogen and oxygen atoms in total. The first kappa shape index (κ1) is 42.9. The second-order valence-electron chi connectivity index (χ2n) is 17.8. The van der Waals surface area contributed by atoms with Crippen LogP contribution in [0.25, 0.3) is 112 Å². The maximum absolute atomic E-state index is 6.75. The van der Waals surface area contributed by atoms with Crippen LogP contribution in [0.4, 0.5) is 0 Å². The Morgan fingerprint density at radius 3 is 0.957 bits per heavy atom. The largest absolute Gasteiger partial charge is 0.256 e. The third-order valence-electron chi connectivity index (χ3n) is 13.2.